The molecule has 0 aliphatic carbocycles. The first-order valence-corrected chi connectivity index (χ1v) is 0.571. The van der Waals surface area contributed by atoms with Crippen molar-refractivity contribution in [1.82, 2.24) is 0 Å². The van der Waals surface area contributed by atoms with Gasteiger partial charge in [0.05, 0.1) is 0 Å². The fourth-order valence-corrected chi connectivity index (χ4v) is 0. The van der Waals surface area contributed by atoms with Crippen LogP contribution in [0.25, 0.3) is 0 Å². The average molecular weight is 212 g/mol. The average Bonchev–Trinajstić information content (AvgIpc) is 2.03. The minimum absolute atomic E-state index is 0. The zero-order chi connectivity index (χ0) is 8.00. The van der Waals surface area contributed by atoms with Crippen molar-refractivity contribution in [1.29, 1.82) is 0 Å². The molecule has 0 aliphatic rings. The van der Waals surface area contributed by atoms with Gasteiger partial charge < -0.3 is 0 Å². The largest absolute Gasteiger partial charge is 0.269 e. The summed E-state index contributed by atoms with van der Waals surface area (Å²) < 4.78 is 64.0. The molecule has 0 aromatic rings. The molecule has 0 aliphatic heterocycles. The Morgan fingerprint density at radius 2 is 0.273 bits per heavy atom. The third-order valence-electron chi connectivity index (χ3n) is 0. The molecule has 0 radical (unpaired) electrons. The molecule has 0 aromatic heterocycles. The van der Waals surface area contributed by atoms with E-state index in [0.29, 0.717) is 0 Å². The molecule has 0 amide bonds. The van der Waals surface area contributed by atoms with Crippen molar-refractivity contribution in [3.8, 4) is 0 Å². The third-order valence-corrected chi connectivity index (χ3v) is 0. The van der Waals surface area contributed by atoms with Gasteiger partial charge in [0.25, 0.3) is 0 Å². The number of hydrogen-bond donors (Lipinski definition) is 0. The van der Waals surface area contributed by atoms with Gasteiger partial charge in [0.1, 0.15) is 0 Å². The second-order valence-electron chi connectivity index (χ2n) is 0. The summed E-state index contributed by atoms with van der Waals surface area (Å²) in [7, 11) is 0. The highest BCUT2D eigenvalue weighted by Gasteiger charge is 1.01. The maximum Gasteiger partial charge on any atom is 0 e. The lowest BCUT2D eigenvalue weighted by molar-refractivity contribution is 0.108. The van der Waals surface area contributed by atoms with Crippen LogP contribution in [-0.2, 0) is 0 Å². The highest BCUT2D eigenvalue weighted by molar-refractivity contribution is 2.11. The van der Waals surface area contributed by atoms with E-state index in [1.165, 1.54) is 0 Å². The molecule has 0 saturated heterocycles. The van der Waals surface area contributed by atoms with Gasteiger partial charge in [0, 0.05) is 36.6 Å². The summed E-state index contributed by atoms with van der Waals surface area (Å²) >= 11 is 0. The summed E-state index contributed by atoms with van der Waals surface area (Å²) in [5.41, 5.74) is 0. The summed E-state index contributed by atoms with van der Waals surface area (Å²) in [6.45, 7) is 0. The van der Waals surface area contributed by atoms with Gasteiger partial charge in [-0.05, 0) is 0 Å². The maximum absolute atomic E-state index is 8.00. The smallest absolute Gasteiger partial charge is 0 e. The Labute approximate surface area is 52.3 Å². The summed E-state index contributed by atoms with van der Waals surface area (Å²) in [4.78, 5) is 0. The predicted octanol–water partition coefficient (Wildman–Crippen LogP) is 3.82. The van der Waals surface area contributed by atoms with Gasteiger partial charge in [-0.15, -0.1) is 0 Å². The Morgan fingerprint density at radius 1 is 0.273 bits per heavy atom. The highest BCUT2D eigenvalue weighted by Crippen LogP contribution is 1.43. The first-order valence-electron chi connectivity index (χ1n) is 0.571. The van der Waals surface area contributed by atoms with E-state index < -0.39 is 0 Å². The van der Waals surface area contributed by atoms with Crippen molar-refractivity contribution < 1.29 is 50.7 Å². The Balaban J connectivity index is -0.00000000356. The summed E-state index contributed by atoms with van der Waals surface area (Å²) in [5, 5.41) is 0. The molecule has 11 heteroatoms. The SMILES string of the molecule is F.F.F.FF.FF.FF.FF. The van der Waals surface area contributed by atoms with Crippen molar-refractivity contribution >= 4 is 0 Å². The molecule has 0 N–H and O–H groups in total. The monoisotopic (exact) mass is 212 g/mol. The van der Waals surface area contributed by atoms with Crippen molar-refractivity contribution in [3.05, 3.63) is 0 Å². The molecule has 0 bridgehead atoms. The molecule has 0 unspecified atom stereocenters. The Hall–Kier alpha value is -0.770. The van der Waals surface area contributed by atoms with Crippen molar-refractivity contribution in [2.24, 2.45) is 0 Å². The normalized spacial score (nSPS) is 2.18. The standard InChI is InChI=1S/4F2.3FH/c4*1-2;;;/h;;;;3*1H. The van der Waals surface area contributed by atoms with Crippen LogP contribution in [0.4, 0.5) is 50.7 Å². The molecule has 0 spiro atoms. The highest BCUT2D eigenvalue weighted by atomic mass is 20.0. The van der Waals surface area contributed by atoms with Crippen LogP contribution in [0, 0.1) is 0 Å². The van der Waals surface area contributed by atoms with Gasteiger partial charge in [0.2, 0.25) is 0 Å². The van der Waals surface area contributed by atoms with Crippen LogP contribution in [0.15, 0.2) is 0 Å². The van der Waals surface area contributed by atoms with Gasteiger partial charge in [-0.3, -0.25) is 14.1 Å². The Bertz CT molecular complexity index is 0. The van der Waals surface area contributed by atoms with Crippen LogP contribution in [0.2, 0.25) is 0 Å². The van der Waals surface area contributed by atoms with Crippen LogP contribution >= 0.6 is 0 Å². The zero-order valence-electron chi connectivity index (χ0n) is 4.25. The molecular formula is H3F11. The molecule has 80 valence electrons. The molecule has 0 heterocycles. The third kappa shape index (κ3) is 814. The minimum atomic E-state index is 0. The number of rotatable bonds is 0. The second kappa shape index (κ2) is 1050. The lowest BCUT2D eigenvalue weighted by Crippen LogP contribution is -0.580. The van der Waals surface area contributed by atoms with Gasteiger partial charge in [0.15, 0.2) is 0 Å². The zero-order valence-corrected chi connectivity index (χ0v) is 4.25. The van der Waals surface area contributed by atoms with Gasteiger partial charge in [-0.2, -0.15) is 0 Å². The van der Waals surface area contributed by atoms with E-state index in [9.17, 15) is 0 Å². The first-order chi connectivity index (χ1) is 4.00. The van der Waals surface area contributed by atoms with Gasteiger partial charge in [-0.1, -0.05) is 0 Å². The van der Waals surface area contributed by atoms with Crippen molar-refractivity contribution in [2.75, 3.05) is 0 Å². The number of halogens is 11. The quantitative estimate of drug-likeness (QED) is 0.535. The molecule has 0 atom stereocenters. The van der Waals surface area contributed by atoms with Crippen LogP contribution in [0.1, 0.15) is 0 Å². The van der Waals surface area contributed by atoms with E-state index in [2.05, 4.69) is 0 Å². The molecule has 0 fully saturated rings. The van der Waals surface area contributed by atoms with E-state index in [1.807, 2.05) is 0 Å². The lowest BCUT2D eigenvalue weighted by atomic mass is 18.0. The van der Waals surface area contributed by atoms with E-state index in [0.717, 1.165) is 0 Å². The maximum atomic E-state index is 8.00. The van der Waals surface area contributed by atoms with Gasteiger partial charge >= 0.3 is 0 Å². The first kappa shape index (κ1) is 83.5. The molecule has 11 heavy (non-hydrogen) atoms. The van der Waals surface area contributed by atoms with Crippen LogP contribution in [-0.4, -0.2) is 0 Å². The van der Waals surface area contributed by atoms with E-state index in [4.69, 9.17) is 36.6 Å². The van der Waals surface area contributed by atoms with Crippen LogP contribution in [0.3, 0.4) is 0 Å². The van der Waals surface area contributed by atoms with E-state index in [-0.39, 0.29) is 14.1 Å². The Morgan fingerprint density at radius 3 is 0.273 bits per heavy atom. The molecular weight excluding hydrogens is 209 g/mol. The fraction of sp³-hybridized carbons (Fsp3) is 0. The lowest BCUT2D eigenvalue weighted by Gasteiger charge is -1.00. The molecule has 0 rings (SSSR count). The second-order valence-corrected chi connectivity index (χ2v) is 0. The predicted molar refractivity (Wildman–Crippen MR) is 16.4 cm³/mol. The van der Waals surface area contributed by atoms with E-state index >= 15 is 0 Å². The number of hydrogen-bond acceptors (Lipinski definition) is 0. The molecule has 0 nitrogen and oxygen atoms in total. The minimum Gasteiger partial charge on any atom is -0.269 e. The molecule has 0 aromatic carbocycles. The van der Waals surface area contributed by atoms with Gasteiger partial charge in [-0.25, -0.2) is 0 Å². The summed E-state index contributed by atoms with van der Waals surface area (Å²) in [6, 6.07) is 0. The topological polar surface area (TPSA) is 0 Å². The summed E-state index contributed by atoms with van der Waals surface area (Å²) in [5.74, 6) is 0. The Kier molecular flexibility index (Phi) is 8010. The van der Waals surface area contributed by atoms with E-state index in [1.54, 1.807) is 0 Å². The summed E-state index contributed by atoms with van der Waals surface area (Å²) in [6.07, 6.45) is 0. The van der Waals surface area contributed by atoms with Crippen LogP contribution < -0.4 is 0 Å². The van der Waals surface area contributed by atoms with Crippen molar-refractivity contribution in [2.45, 2.75) is 0 Å². The fourth-order valence-electron chi connectivity index (χ4n) is 0. The van der Waals surface area contributed by atoms with Crippen molar-refractivity contribution in [3.63, 3.8) is 0 Å². The molecule has 0 saturated carbocycles. The van der Waals surface area contributed by atoms with Crippen LogP contribution in [0.5, 0.6) is 0 Å².